The zero-order chi connectivity index (χ0) is 13.6. The number of nitrogens with one attached hydrogen (secondary N) is 2. The lowest BCUT2D eigenvalue weighted by atomic mass is 9.96. The van der Waals surface area contributed by atoms with Crippen molar-refractivity contribution in [3.05, 3.63) is 0 Å². The standard InChI is InChI=1S/C15H29N3O/c1-2-16-14(18-13-8-4-3-5-9-13)17-12-15(19)10-6-7-11-15/h13,19H,2-12H2,1H3,(H2,16,17,18). The molecule has 4 heteroatoms. The third kappa shape index (κ3) is 4.68. The Morgan fingerprint density at radius 2 is 1.84 bits per heavy atom. The Bertz CT molecular complexity index is 292. The van der Waals surface area contributed by atoms with Crippen molar-refractivity contribution in [3.63, 3.8) is 0 Å². The van der Waals surface area contributed by atoms with E-state index >= 15 is 0 Å². The van der Waals surface area contributed by atoms with Crippen molar-refractivity contribution in [1.82, 2.24) is 10.6 Å². The van der Waals surface area contributed by atoms with Crippen LogP contribution in [0.3, 0.4) is 0 Å². The van der Waals surface area contributed by atoms with Gasteiger partial charge in [-0.25, -0.2) is 0 Å². The van der Waals surface area contributed by atoms with Crippen LogP contribution in [0.5, 0.6) is 0 Å². The molecule has 4 nitrogen and oxygen atoms in total. The summed E-state index contributed by atoms with van der Waals surface area (Å²) in [5.74, 6) is 0.884. The summed E-state index contributed by atoms with van der Waals surface area (Å²) in [5.41, 5.74) is -0.547. The summed E-state index contributed by atoms with van der Waals surface area (Å²) in [4.78, 5) is 4.61. The van der Waals surface area contributed by atoms with Gasteiger partial charge in [-0.05, 0) is 32.6 Å². The summed E-state index contributed by atoms with van der Waals surface area (Å²) in [5, 5.41) is 17.2. The molecule has 2 aliphatic carbocycles. The molecule has 0 aromatic rings. The van der Waals surface area contributed by atoms with Crippen molar-refractivity contribution >= 4 is 5.96 Å². The van der Waals surface area contributed by atoms with Crippen molar-refractivity contribution in [2.75, 3.05) is 13.1 Å². The number of aliphatic imine (C=N–C) groups is 1. The molecule has 2 aliphatic rings. The van der Waals surface area contributed by atoms with E-state index in [0.717, 1.165) is 38.2 Å². The fourth-order valence-corrected chi connectivity index (χ4v) is 3.18. The number of rotatable bonds is 4. The van der Waals surface area contributed by atoms with Crippen LogP contribution in [0.1, 0.15) is 64.7 Å². The van der Waals surface area contributed by atoms with Gasteiger partial charge >= 0.3 is 0 Å². The van der Waals surface area contributed by atoms with Gasteiger partial charge < -0.3 is 15.7 Å². The van der Waals surface area contributed by atoms with E-state index in [2.05, 4.69) is 22.5 Å². The van der Waals surface area contributed by atoms with E-state index < -0.39 is 5.60 Å². The van der Waals surface area contributed by atoms with Gasteiger partial charge in [-0.1, -0.05) is 32.1 Å². The first kappa shape index (κ1) is 14.6. The first-order valence-electron chi connectivity index (χ1n) is 7.99. The molecule has 0 radical (unpaired) electrons. The molecule has 0 aromatic heterocycles. The molecule has 0 unspecified atom stereocenters. The van der Waals surface area contributed by atoms with Crippen LogP contribution >= 0.6 is 0 Å². The minimum absolute atomic E-state index is 0.537. The Balaban J connectivity index is 1.86. The average Bonchev–Trinajstić information content (AvgIpc) is 2.85. The van der Waals surface area contributed by atoms with Gasteiger partial charge in [-0.15, -0.1) is 0 Å². The van der Waals surface area contributed by atoms with E-state index in [1.165, 1.54) is 32.1 Å². The van der Waals surface area contributed by atoms with Crippen LogP contribution in [-0.4, -0.2) is 35.8 Å². The number of aliphatic hydroxyl groups is 1. The minimum Gasteiger partial charge on any atom is -0.388 e. The maximum absolute atomic E-state index is 10.4. The van der Waals surface area contributed by atoms with Crippen molar-refractivity contribution in [2.24, 2.45) is 4.99 Å². The number of hydrogen-bond acceptors (Lipinski definition) is 2. The Labute approximate surface area is 117 Å². The second-order valence-corrected chi connectivity index (χ2v) is 6.11. The van der Waals surface area contributed by atoms with Gasteiger partial charge in [-0.2, -0.15) is 0 Å². The molecule has 0 spiro atoms. The van der Waals surface area contributed by atoms with Crippen LogP contribution in [-0.2, 0) is 0 Å². The molecule has 0 atom stereocenters. The van der Waals surface area contributed by atoms with E-state index in [0.29, 0.717) is 12.6 Å². The first-order valence-corrected chi connectivity index (χ1v) is 7.99. The van der Waals surface area contributed by atoms with Crippen LogP contribution in [0.4, 0.5) is 0 Å². The Hall–Kier alpha value is -0.770. The summed E-state index contributed by atoms with van der Waals surface area (Å²) >= 11 is 0. The quantitative estimate of drug-likeness (QED) is 0.540. The smallest absolute Gasteiger partial charge is 0.191 e. The predicted molar refractivity (Wildman–Crippen MR) is 79.4 cm³/mol. The molecule has 2 saturated carbocycles. The monoisotopic (exact) mass is 267 g/mol. The fourth-order valence-electron chi connectivity index (χ4n) is 3.18. The maximum atomic E-state index is 10.4. The van der Waals surface area contributed by atoms with Crippen LogP contribution in [0.2, 0.25) is 0 Å². The van der Waals surface area contributed by atoms with Gasteiger partial charge in [0.05, 0.1) is 12.1 Å². The average molecular weight is 267 g/mol. The van der Waals surface area contributed by atoms with Gasteiger partial charge in [0.15, 0.2) is 5.96 Å². The summed E-state index contributed by atoms with van der Waals surface area (Å²) in [6.07, 6.45) is 10.6. The fraction of sp³-hybridized carbons (Fsp3) is 0.933. The number of nitrogens with zero attached hydrogens (tertiary/aromatic N) is 1. The molecule has 0 bridgehead atoms. The highest BCUT2D eigenvalue weighted by molar-refractivity contribution is 5.80. The number of guanidine groups is 1. The SMILES string of the molecule is CCNC(=NCC1(O)CCCC1)NC1CCCCC1. The van der Waals surface area contributed by atoms with Gasteiger partial charge in [0, 0.05) is 12.6 Å². The Morgan fingerprint density at radius 1 is 1.16 bits per heavy atom. The summed E-state index contributed by atoms with van der Waals surface area (Å²) in [6.45, 7) is 3.49. The Kier molecular flexibility index (Phi) is 5.49. The second-order valence-electron chi connectivity index (χ2n) is 6.11. The van der Waals surface area contributed by atoms with Gasteiger partial charge in [0.2, 0.25) is 0 Å². The Morgan fingerprint density at radius 3 is 2.47 bits per heavy atom. The van der Waals surface area contributed by atoms with Gasteiger partial charge in [0.1, 0.15) is 0 Å². The highest BCUT2D eigenvalue weighted by Gasteiger charge is 2.30. The molecule has 0 amide bonds. The molecule has 0 aromatic carbocycles. The van der Waals surface area contributed by atoms with Crippen LogP contribution in [0.15, 0.2) is 4.99 Å². The minimum atomic E-state index is -0.547. The topological polar surface area (TPSA) is 56.7 Å². The second kappa shape index (κ2) is 7.13. The van der Waals surface area contributed by atoms with Gasteiger partial charge in [0.25, 0.3) is 0 Å². The van der Waals surface area contributed by atoms with E-state index in [1.54, 1.807) is 0 Å². The highest BCUT2D eigenvalue weighted by atomic mass is 16.3. The van der Waals surface area contributed by atoms with Crippen LogP contribution < -0.4 is 10.6 Å². The third-order valence-electron chi connectivity index (χ3n) is 4.36. The molecule has 0 heterocycles. The van der Waals surface area contributed by atoms with Gasteiger partial charge in [-0.3, -0.25) is 4.99 Å². The first-order chi connectivity index (χ1) is 9.22. The summed E-state index contributed by atoms with van der Waals surface area (Å²) in [6, 6.07) is 0.560. The molecular formula is C15H29N3O. The lowest BCUT2D eigenvalue weighted by Gasteiger charge is -2.26. The summed E-state index contributed by atoms with van der Waals surface area (Å²) in [7, 11) is 0. The normalized spacial score (nSPS) is 24.4. The molecule has 19 heavy (non-hydrogen) atoms. The molecule has 110 valence electrons. The largest absolute Gasteiger partial charge is 0.388 e. The van der Waals surface area contributed by atoms with E-state index in [4.69, 9.17) is 0 Å². The zero-order valence-corrected chi connectivity index (χ0v) is 12.2. The van der Waals surface area contributed by atoms with E-state index in [-0.39, 0.29) is 0 Å². The molecule has 2 fully saturated rings. The molecular weight excluding hydrogens is 238 g/mol. The maximum Gasteiger partial charge on any atom is 0.191 e. The van der Waals surface area contributed by atoms with E-state index in [1.807, 2.05) is 0 Å². The summed E-state index contributed by atoms with van der Waals surface area (Å²) < 4.78 is 0. The van der Waals surface area contributed by atoms with Crippen molar-refractivity contribution in [3.8, 4) is 0 Å². The van der Waals surface area contributed by atoms with Crippen molar-refractivity contribution in [2.45, 2.75) is 76.4 Å². The molecule has 0 aliphatic heterocycles. The lowest BCUT2D eigenvalue weighted by Crippen LogP contribution is -2.45. The highest BCUT2D eigenvalue weighted by Crippen LogP contribution is 2.29. The predicted octanol–water partition coefficient (Wildman–Crippen LogP) is 2.18. The molecule has 0 saturated heterocycles. The molecule has 3 N–H and O–H groups in total. The van der Waals surface area contributed by atoms with Crippen LogP contribution in [0, 0.1) is 0 Å². The lowest BCUT2D eigenvalue weighted by molar-refractivity contribution is 0.0574. The number of hydrogen-bond donors (Lipinski definition) is 3. The van der Waals surface area contributed by atoms with Crippen molar-refractivity contribution in [1.29, 1.82) is 0 Å². The zero-order valence-electron chi connectivity index (χ0n) is 12.2. The van der Waals surface area contributed by atoms with Crippen LogP contribution in [0.25, 0.3) is 0 Å². The molecule has 2 rings (SSSR count). The van der Waals surface area contributed by atoms with E-state index in [9.17, 15) is 5.11 Å². The third-order valence-corrected chi connectivity index (χ3v) is 4.36. The van der Waals surface area contributed by atoms with Crippen molar-refractivity contribution < 1.29 is 5.11 Å².